The maximum absolute atomic E-state index is 12.8. The fourth-order valence-corrected chi connectivity index (χ4v) is 5.16. The van der Waals surface area contributed by atoms with Crippen LogP contribution in [0.2, 0.25) is 0 Å². The van der Waals surface area contributed by atoms with Crippen LogP contribution >= 0.6 is 11.3 Å². The molecule has 1 aromatic heterocycles. The molecule has 2 atom stereocenters. The molecular formula is C19H22N2O2S. The van der Waals surface area contributed by atoms with E-state index in [-0.39, 0.29) is 12.1 Å². The number of methoxy groups -OCH3 is 1. The lowest BCUT2D eigenvalue weighted by Crippen LogP contribution is -2.38. The van der Waals surface area contributed by atoms with E-state index in [1.54, 1.807) is 18.4 Å². The average Bonchev–Trinajstić information content (AvgIpc) is 2.99. The van der Waals surface area contributed by atoms with Crippen molar-refractivity contribution < 1.29 is 9.53 Å². The van der Waals surface area contributed by atoms with Gasteiger partial charge in [-0.05, 0) is 36.8 Å². The van der Waals surface area contributed by atoms with Gasteiger partial charge in [-0.25, -0.2) is 0 Å². The fraction of sp³-hybridized carbons (Fsp3) is 0.421. The molecule has 1 aliphatic carbocycles. The molecule has 0 radical (unpaired) electrons. The van der Waals surface area contributed by atoms with Gasteiger partial charge in [0.15, 0.2) is 0 Å². The summed E-state index contributed by atoms with van der Waals surface area (Å²) in [6.07, 6.45) is 4.29. The first-order valence-corrected chi connectivity index (χ1v) is 9.37. The van der Waals surface area contributed by atoms with Crippen molar-refractivity contribution in [3.05, 3.63) is 45.8 Å². The predicted octanol–water partition coefficient (Wildman–Crippen LogP) is 4.13. The minimum absolute atomic E-state index is 0.0344. The average molecular weight is 342 g/mol. The molecule has 0 spiro atoms. The molecule has 5 heteroatoms. The van der Waals surface area contributed by atoms with E-state index in [2.05, 4.69) is 17.6 Å². The van der Waals surface area contributed by atoms with Crippen LogP contribution in [0.3, 0.4) is 0 Å². The highest BCUT2D eigenvalue weighted by Crippen LogP contribution is 2.43. The Kier molecular flexibility index (Phi) is 3.96. The van der Waals surface area contributed by atoms with Crippen molar-refractivity contribution in [3.63, 3.8) is 0 Å². The molecule has 4 nitrogen and oxygen atoms in total. The molecule has 0 saturated heterocycles. The van der Waals surface area contributed by atoms with Crippen LogP contribution in [0.4, 0.5) is 5.00 Å². The zero-order chi connectivity index (χ0) is 16.7. The Balaban J connectivity index is 1.69. The quantitative estimate of drug-likeness (QED) is 0.882. The molecule has 0 bridgehead atoms. The number of hydrogen-bond donors (Lipinski definition) is 2. The zero-order valence-electron chi connectivity index (χ0n) is 14.0. The van der Waals surface area contributed by atoms with Crippen molar-refractivity contribution in [2.75, 3.05) is 12.4 Å². The van der Waals surface area contributed by atoms with E-state index in [1.165, 1.54) is 23.3 Å². The van der Waals surface area contributed by atoms with Gasteiger partial charge in [0.2, 0.25) is 0 Å². The zero-order valence-corrected chi connectivity index (χ0v) is 14.8. The number of amides is 1. The maximum Gasteiger partial charge on any atom is 0.256 e. The molecule has 0 fully saturated rings. The summed E-state index contributed by atoms with van der Waals surface area (Å²) in [5, 5.41) is 7.63. The third kappa shape index (κ3) is 2.47. The predicted molar refractivity (Wildman–Crippen MR) is 96.9 cm³/mol. The van der Waals surface area contributed by atoms with Crippen LogP contribution in [-0.4, -0.2) is 13.0 Å². The number of nitrogens with one attached hydrogen (secondary N) is 2. The summed E-state index contributed by atoms with van der Waals surface area (Å²) in [6.45, 7) is 2.26. The molecule has 1 amide bonds. The van der Waals surface area contributed by atoms with Crippen molar-refractivity contribution in [2.24, 2.45) is 5.92 Å². The number of para-hydroxylation sites is 1. The van der Waals surface area contributed by atoms with Gasteiger partial charge in [-0.1, -0.05) is 31.5 Å². The van der Waals surface area contributed by atoms with Crippen molar-refractivity contribution in [3.8, 4) is 5.75 Å². The Bertz CT molecular complexity index is 784. The lowest BCUT2D eigenvalue weighted by atomic mass is 9.85. The number of anilines is 1. The monoisotopic (exact) mass is 342 g/mol. The van der Waals surface area contributed by atoms with Crippen LogP contribution < -0.4 is 15.4 Å². The normalized spacial score (nSPS) is 22.2. The Morgan fingerprint density at radius 1 is 1.29 bits per heavy atom. The van der Waals surface area contributed by atoms with Crippen LogP contribution in [0, 0.1) is 5.92 Å². The summed E-state index contributed by atoms with van der Waals surface area (Å²) in [6, 6.07) is 7.81. The van der Waals surface area contributed by atoms with Crippen LogP contribution in [0.25, 0.3) is 0 Å². The Hall–Kier alpha value is -2.01. The SMILES string of the molecule is CCC1CCc2c(sc3c2C(=O)NC(c2ccccc2OC)N3)C1. The molecule has 1 aliphatic heterocycles. The number of benzene rings is 1. The minimum Gasteiger partial charge on any atom is -0.496 e. The number of hydrogen-bond acceptors (Lipinski definition) is 4. The first-order valence-electron chi connectivity index (χ1n) is 8.56. The van der Waals surface area contributed by atoms with Gasteiger partial charge in [0.25, 0.3) is 5.91 Å². The van der Waals surface area contributed by atoms with E-state index in [4.69, 9.17) is 4.74 Å². The Morgan fingerprint density at radius 2 is 2.12 bits per heavy atom. The van der Waals surface area contributed by atoms with E-state index in [9.17, 15) is 4.79 Å². The number of rotatable bonds is 3. The standard InChI is InChI=1S/C19H22N2O2S/c1-3-11-8-9-13-15(10-11)24-19-16(13)18(22)20-17(21-19)12-6-4-5-7-14(12)23-2/h4-7,11,17,21H,3,8-10H2,1-2H3,(H,20,22). The lowest BCUT2D eigenvalue weighted by Gasteiger charge is -2.28. The van der Waals surface area contributed by atoms with Gasteiger partial charge in [-0.15, -0.1) is 11.3 Å². The van der Waals surface area contributed by atoms with Crippen molar-refractivity contribution in [1.29, 1.82) is 0 Å². The van der Waals surface area contributed by atoms with Gasteiger partial charge in [0, 0.05) is 10.4 Å². The highest BCUT2D eigenvalue weighted by atomic mass is 32.1. The third-order valence-electron chi connectivity index (χ3n) is 5.17. The molecule has 4 rings (SSSR count). The molecule has 2 aromatic rings. The molecule has 0 saturated carbocycles. The summed E-state index contributed by atoms with van der Waals surface area (Å²) in [5.74, 6) is 1.57. The maximum atomic E-state index is 12.8. The second-order valence-electron chi connectivity index (χ2n) is 6.52. The molecule has 2 aliphatic rings. The Labute approximate surface area is 146 Å². The van der Waals surface area contributed by atoms with Gasteiger partial charge in [-0.2, -0.15) is 0 Å². The summed E-state index contributed by atoms with van der Waals surface area (Å²) in [7, 11) is 1.66. The number of ether oxygens (including phenoxy) is 1. The third-order valence-corrected chi connectivity index (χ3v) is 6.36. The fourth-order valence-electron chi connectivity index (χ4n) is 3.78. The smallest absolute Gasteiger partial charge is 0.256 e. The highest BCUT2D eigenvalue weighted by molar-refractivity contribution is 7.16. The molecular weight excluding hydrogens is 320 g/mol. The van der Waals surface area contributed by atoms with Crippen LogP contribution in [0.1, 0.15) is 52.3 Å². The number of carbonyl (C=O) groups is 1. The van der Waals surface area contributed by atoms with Crippen molar-refractivity contribution in [2.45, 2.75) is 38.8 Å². The Morgan fingerprint density at radius 3 is 2.92 bits per heavy atom. The van der Waals surface area contributed by atoms with E-state index < -0.39 is 0 Å². The minimum atomic E-state index is -0.247. The molecule has 2 heterocycles. The first kappa shape index (κ1) is 15.5. The lowest BCUT2D eigenvalue weighted by molar-refractivity contribution is 0.0934. The first-order chi connectivity index (χ1) is 11.7. The van der Waals surface area contributed by atoms with Crippen LogP contribution in [-0.2, 0) is 12.8 Å². The number of carbonyl (C=O) groups excluding carboxylic acids is 1. The number of fused-ring (bicyclic) bond motifs is 3. The van der Waals surface area contributed by atoms with E-state index in [0.29, 0.717) is 0 Å². The van der Waals surface area contributed by atoms with Crippen molar-refractivity contribution in [1.82, 2.24) is 5.32 Å². The summed E-state index contributed by atoms with van der Waals surface area (Å²) >= 11 is 1.76. The molecule has 24 heavy (non-hydrogen) atoms. The second-order valence-corrected chi connectivity index (χ2v) is 7.62. The molecule has 2 unspecified atom stereocenters. The molecule has 126 valence electrons. The van der Waals surface area contributed by atoms with Gasteiger partial charge in [-0.3, -0.25) is 4.79 Å². The van der Waals surface area contributed by atoms with E-state index in [0.717, 1.165) is 40.6 Å². The van der Waals surface area contributed by atoms with Gasteiger partial charge < -0.3 is 15.4 Å². The molecule has 2 N–H and O–H groups in total. The van der Waals surface area contributed by atoms with Crippen molar-refractivity contribution >= 4 is 22.2 Å². The largest absolute Gasteiger partial charge is 0.496 e. The van der Waals surface area contributed by atoms with Gasteiger partial charge in [0.1, 0.15) is 16.9 Å². The van der Waals surface area contributed by atoms with Gasteiger partial charge in [0.05, 0.1) is 12.7 Å². The molecule has 1 aromatic carbocycles. The van der Waals surface area contributed by atoms with Crippen LogP contribution in [0.5, 0.6) is 5.75 Å². The second kappa shape index (κ2) is 6.13. The number of thiophene rings is 1. The van der Waals surface area contributed by atoms with E-state index in [1.807, 2.05) is 24.3 Å². The topological polar surface area (TPSA) is 50.4 Å². The summed E-state index contributed by atoms with van der Waals surface area (Å²) in [5.41, 5.74) is 3.09. The van der Waals surface area contributed by atoms with Crippen LogP contribution in [0.15, 0.2) is 24.3 Å². The highest BCUT2D eigenvalue weighted by Gasteiger charge is 2.34. The summed E-state index contributed by atoms with van der Waals surface area (Å²) in [4.78, 5) is 14.2. The summed E-state index contributed by atoms with van der Waals surface area (Å²) < 4.78 is 5.44. The van der Waals surface area contributed by atoms with Gasteiger partial charge >= 0.3 is 0 Å². The van der Waals surface area contributed by atoms with E-state index >= 15 is 0 Å².